The Labute approximate surface area is 83.1 Å². The van der Waals surface area contributed by atoms with Crippen LogP contribution in [0.3, 0.4) is 0 Å². The molecule has 0 spiro atoms. The van der Waals surface area contributed by atoms with Gasteiger partial charge >= 0.3 is 0 Å². The SMILES string of the molecule is O=C(/C=C\NCCO)c1ccccc1. The number of rotatable bonds is 5. The van der Waals surface area contributed by atoms with Gasteiger partial charge in [0.15, 0.2) is 5.78 Å². The lowest BCUT2D eigenvalue weighted by molar-refractivity contribution is 0.104. The number of allylic oxidation sites excluding steroid dienone is 1. The van der Waals surface area contributed by atoms with E-state index in [-0.39, 0.29) is 12.4 Å². The second kappa shape index (κ2) is 5.94. The third-order valence-electron chi connectivity index (χ3n) is 1.67. The first-order valence-corrected chi connectivity index (χ1v) is 4.45. The van der Waals surface area contributed by atoms with Gasteiger partial charge in [-0.05, 0) is 0 Å². The van der Waals surface area contributed by atoms with Gasteiger partial charge in [-0.15, -0.1) is 0 Å². The summed E-state index contributed by atoms with van der Waals surface area (Å²) in [5, 5.41) is 11.3. The molecule has 14 heavy (non-hydrogen) atoms. The smallest absolute Gasteiger partial charge is 0.187 e. The van der Waals surface area contributed by atoms with Crippen molar-refractivity contribution in [3.8, 4) is 0 Å². The molecule has 0 radical (unpaired) electrons. The Morgan fingerprint density at radius 3 is 2.71 bits per heavy atom. The van der Waals surface area contributed by atoms with Gasteiger partial charge in [0.1, 0.15) is 0 Å². The fraction of sp³-hybridized carbons (Fsp3) is 0.182. The standard InChI is InChI=1S/C11H13NO2/c13-9-8-12-7-6-11(14)10-4-2-1-3-5-10/h1-7,12-13H,8-9H2/b7-6-. The first-order chi connectivity index (χ1) is 6.84. The minimum absolute atomic E-state index is 0.0453. The van der Waals surface area contributed by atoms with Gasteiger partial charge in [-0.25, -0.2) is 0 Å². The zero-order chi connectivity index (χ0) is 10.2. The average Bonchev–Trinajstić information content (AvgIpc) is 2.25. The summed E-state index contributed by atoms with van der Waals surface area (Å²) >= 11 is 0. The maximum absolute atomic E-state index is 11.4. The highest BCUT2D eigenvalue weighted by atomic mass is 16.3. The molecule has 2 N–H and O–H groups in total. The van der Waals surface area contributed by atoms with Crippen molar-refractivity contribution < 1.29 is 9.90 Å². The molecule has 3 nitrogen and oxygen atoms in total. The number of aliphatic hydroxyl groups excluding tert-OH is 1. The molecule has 0 heterocycles. The van der Waals surface area contributed by atoms with Crippen LogP contribution in [0.25, 0.3) is 0 Å². The van der Waals surface area contributed by atoms with E-state index in [0.717, 1.165) is 0 Å². The molecule has 0 aromatic heterocycles. The lowest BCUT2D eigenvalue weighted by Gasteiger charge is -1.95. The quantitative estimate of drug-likeness (QED) is 0.414. The van der Waals surface area contributed by atoms with Gasteiger partial charge in [-0.1, -0.05) is 30.3 Å². The van der Waals surface area contributed by atoms with Crippen LogP contribution < -0.4 is 5.32 Å². The van der Waals surface area contributed by atoms with E-state index < -0.39 is 0 Å². The molecule has 0 aliphatic heterocycles. The van der Waals surface area contributed by atoms with Crippen molar-refractivity contribution in [1.82, 2.24) is 5.32 Å². The monoisotopic (exact) mass is 191 g/mol. The molecular weight excluding hydrogens is 178 g/mol. The van der Waals surface area contributed by atoms with E-state index in [2.05, 4.69) is 5.32 Å². The summed E-state index contributed by atoms with van der Waals surface area (Å²) in [6.45, 7) is 0.516. The van der Waals surface area contributed by atoms with Crippen LogP contribution >= 0.6 is 0 Å². The first-order valence-electron chi connectivity index (χ1n) is 4.45. The van der Waals surface area contributed by atoms with Gasteiger partial charge in [0.2, 0.25) is 0 Å². The summed E-state index contributed by atoms with van der Waals surface area (Å²) < 4.78 is 0. The topological polar surface area (TPSA) is 49.3 Å². The maximum Gasteiger partial charge on any atom is 0.187 e. The van der Waals surface area contributed by atoms with Crippen LogP contribution in [0.2, 0.25) is 0 Å². The number of aliphatic hydroxyl groups is 1. The number of nitrogens with one attached hydrogen (secondary N) is 1. The predicted octanol–water partition coefficient (Wildman–Crippen LogP) is 0.965. The molecule has 0 unspecified atom stereocenters. The molecule has 0 bridgehead atoms. The van der Waals surface area contributed by atoms with Gasteiger partial charge in [0, 0.05) is 24.4 Å². The van der Waals surface area contributed by atoms with Crippen LogP contribution in [-0.4, -0.2) is 24.0 Å². The highest BCUT2D eigenvalue weighted by Crippen LogP contribution is 1.99. The highest BCUT2D eigenvalue weighted by molar-refractivity contribution is 6.04. The van der Waals surface area contributed by atoms with E-state index in [1.807, 2.05) is 18.2 Å². The van der Waals surface area contributed by atoms with Gasteiger partial charge in [0.05, 0.1) is 6.61 Å². The van der Waals surface area contributed by atoms with Crippen molar-refractivity contribution in [1.29, 1.82) is 0 Å². The maximum atomic E-state index is 11.4. The highest BCUT2D eigenvalue weighted by Gasteiger charge is 1.97. The van der Waals surface area contributed by atoms with Gasteiger partial charge < -0.3 is 10.4 Å². The molecule has 3 heteroatoms. The molecule has 0 fully saturated rings. The molecule has 0 saturated carbocycles. The minimum Gasteiger partial charge on any atom is -0.395 e. The average molecular weight is 191 g/mol. The van der Waals surface area contributed by atoms with Crippen molar-refractivity contribution in [2.75, 3.05) is 13.2 Å². The van der Waals surface area contributed by atoms with Crippen molar-refractivity contribution in [3.63, 3.8) is 0 Å². The zero-order valence-corrected chi connectivity index (χ0v) is 7.81. The minimum atomic E-state index is -0.0453. The summed E-state index contributed by atoms with van der Waals surface area (Å²) in [6.07, 6.45) is 3.00. The molecule has 1 aromatic rings. The van der Waals surface area contributed by atoms with E-state index in [1.165, 1.54) is 6.08 Å². The summed E-state index contributed by atoms with van der Waals surface area (Å²) in [5.41, 5.74) is 0.662. The van der Waals surface area contributed by atoms with Crippen molar-refractivity contribution in [3.05, 3.63) is 48.2 Å². The molecule has 0 saturated heterocycles. The summed E-state index contributed by atoms with van der Waals surface area (Å²) in [4.78, 5) is 11.4. The Hall–Kier alpha value is -1.61. The van der Waals surface area contributed by atoms with E-state index in [9.17, 15) is 4.79 Å². The Morgan fingerprint density at radius 1 is 1.36 bits per heavy atom. The number of carbonyl (C=O) groups is 1. The summed E-state index contributed by atoms with van der Waals surface area (Å²) in [7, 11) is 0. The second-order valence-electron chi connectivity index (χ2n) is 2.74. The Balaban J connectivity index is 2.47. The summed E-state index contributed by atoms with van der Waals surface area (Å²) in [5.74, 6) is -0.0453. The zero-order valence-electron chi connectivity index (χ0n) is 7.81. The third-order valence-corrected chi connectivity index (χ3v) is 1.67. The number of benzene rings is 1. The molecular formula is C11H13NO2. The molecule has 1 aromatic carbocycles. The number of ketones is 1. The molecule has 0 atom stereocenters. The normalized spacial score (nSPS) is 10.4. The second-order valence-corrected chi connectivity index (χ2v) is 2.74. The van der Waals surface area contributed by atoms with Crippen LogP contribution in [0.1, 0.15) is 10.4 Å². The molecule has 1 rings (SSSR count). The Kier molecular flexibility index (Phi) is 4.44. The van der Waals surface area contributed by atoms with Gasteiger partial charge in [-0.2, -0.15) is 0 Å². The van der Waals surface area contributed by atoms with Crippen LogP contribution in [-0.2, 0) is 0 Å². The largest absolute Gasteiger partial charge is 0.395 e. The molecule has 0 aliphatic rings. The fourth-order valence-corrected chi connectivity index (χ4v) is 0.981. The first kappa shape index (κ1) is 10.5. The third kappa shape index (κ3) is 3.41. The number of hydrogen-bond acceptors (Lipinski definition) is 3. The molecule has 0 amide bonds. The Morgan fingerprint density at radius 2 is 2.07 bits per heavy atom. The van der Waals surface area contributed by atoms with E-state index in [4.69, 9.17) is 5.11 Å². The van der Waals surface area contributed by atoms with E-state index in [0.29, 0.717) is 12.1 Å². The van der Waals surface area contributed by atoms with E-state index in [1.54, 1.807) is 18.3 Å². The summed E-state index contributed by atoms with van der Waals surface area (Å²) in [6, 6.07) is 9.03. The lowest BCUT2D eigenvalue weighted by atomic mass is 10.1. The van der Waals surface area contributed by atoms with Crippen LogP contribution in [0.4, 0.5) is 0 Å². The van der Waals surface area contributed by atoms with Crippen LogP contribution in [0.5, 0.6) is 0 Å². The van der Waals surface area contributed by atoms with Crippen molar-refractivity contribution in [2.45, 2.75) is 0 Å². The van der Waals surface area contributed by atoms with Crippen molar-refractivity contribution in [2.24, 2.45) is 0 Å². The number of carbonyl (C=O) groups excluding carboxylic acids is 1. The van der Waals surface area contributed by atoms with Gasteiger partial charge in [-0.3, -0.25) is 4.79 Å². The molecule has 0 aliphatic carbocycles. The van der Waals surface area contributed by atoms with Crippen LogP contribution in [0.15, 0.2) is 42.6 Å². The fourth-order valence-electron chi connectivity index (χ4n) is 0.981. The van der Waals surface area contributed by atoms with Crippen molar-refractivity contribution >= 4 is 5.78 Å². The van der Waals surface area contributed by atoms with E-state index >= 15 is 0 Å². The Bertz CT molecular complexity index is 306. The molecule has 74 valence electrons. The van der Waals surface area contributed by atoms with Crippen LogP contribution in [0, 0.1) is 0 Å². The lowest BCUT2D eigenvalue weighted by Crippen LogP contribution is -2.11. The van der Waals surface area contributed by atoms with Gasteiger partial charge in [0.25, 0.3) is 0 Å². The number of hydrogen-bond donors (Lipinski definition) is 2. The predicted molar refractivity (Wildman–Crippen MR) is 55.0 cm³/mol.